The van der Waals surface area contributed by atoms with Crippen LogP contribution >= 0.6 is 0 Å². The van der Waals surface area contributed by atoms with Crippen molar-refractivity contribution in [3.05, 3.63) is 40.2 Å². The van der Waals surface area contributed by atoms with Crippen LogP contribution in [0.25, 0.3) is 10.9 Å². The summed E-state index contributed by atoms with van der Waals surface area (Å²) in [6, 6.07) is 4.24. The normalized spacial score (nSPS) is 14.5. The number of carbonyl (C=O) groups is 3. The van der Waals surface area contributed by atoms with Crippen LogP contribution in [0.15, 0.2) is 34.0 Å². The van der Waals surface area contributed by atoms with Crippen LogP contribution in [0.1, 0.15) is 24.2 Å². The standard InChI is InChI=1S/C17H19N5O6S/c1-3-21(4-2)29(27,28)10-5-6-13-11(7-10)12(8-14(23)18-13)16(25)20-22-9-15(24)19-17(22)26/h5-8H,3-4,9H2,1-2H3,(H,18,23)(H,20,25)(H,19,24,26). The Labute approximate surface area is 165 Å². The van der Waals surface area contributed by atoms with Gasteiger partial charge in [-0.3, -0.25) is 25.1 Å². The predicted octanol–water partition coefficient (Wildman–Crippen LogP) is -0.245. The first-order valence-electron chi connectivity index (χ1n) is 8.77. The SMILES string of the molecule is CCN(CC)S(=O)(=O)c1ccc2[nH]c(=O)cc(C(=O)NN3CC(=O)NC3=O)c2c1. The number of nitrogens with zero attached hydrogens (tertiary/aromatic N) is 2. The minimum atomic E-state index is -3.79. The number of imide groups is 1. The fourth-order valence-corrected chi connectivity index (χ4v) is 4.49. The van der Waals surface area contributed by atoms with E-state index in [1.807, 2.05) is 5.32 Å². The molecule has 0 saturated carbocycles. The van der Waals surface area contributed by atoms with Gasteiger partial charge in [0.15, 0.2) is 0 Å². The lowest BCUT2D eigenvalue weighted by atomic mass is 10.1. The number of fused-ring (bicyclic) bond motifs is 1. The zero-order valence-corrected chi connectivity index (χ0v) is 16.5. The summed E-state index contributed by atoms with van der Waals surface area (Å²) in [6.07, 6.45) is 0. The number of rotatable bonds is 6. The number of nitrogens with one attached hydrogen (secondary N) is 3. The maximum Gasteiger partial charge on any atom is 0.343 e. The fourth-order valence-electron chi connectivity index (χ4n) is 3.01. The van der Waals surface area contributed by atoms with Crippen molar-refractivity contribution in [3.8, 4) is 0 Å². The zero-order chi connectivity index (χ0) is 21.3. The van der Waals surface area contributed by atoms with E-state index in [1.165, 1.54) is 22.5 Å². The van der Waals surface area contributed by atoms with Crippen molar-refractivity contribution in [2.24, 2.45) is 0 Å². The van der Waals surface area contributed by atoms with Gasteiger partial charge in [-0.15, -0.1) is 0 Å². The molecule has 1 saturated heterocycles. The molecule has 1 aliphatic heterocycles. The average molecular weight is 421 g/mol. The summed E-state index contributed by atoms with van der Waals surface area (Å²) in [7, 11) is -3.79. The summed E-state index contributed by atoms with van der Waals surface area (Å²) >= 11 is 0. The molecule has 0 radical (unpaired) electrons. The second-order valence-electron chi connectivity index (χ2n) is 6.22. The monoisotopic (exact) mass is 421 g/mol. The fraction of sp³-hybridized carbons (Fsp3) is 0.294. The number of urea groups is 1. The number of sulfonamides is 1. The first-order chi connectivity index (χ1) is 13.7. The van der Waals surface area contributed by atoms with Gasteiger partial charge in [-0.1, -0.05) is 13.8 Å². The van der Waals surface area contributed by atoms with Gasteiger partial charge in [0.1, 0.15) is 6.54 Å². The van der Waals surface area contributed by atoms with Gasteiger partial charge in [0, 0.05) is 30.1 Å². The summed E-state index contributed by atoms with van der Waals surface area (Å²) in [5.74, 6) is -1.41. The van der Waals surface area contributed by atoms with Gasteiger partial charge < -0.3 is 4.98 Å². The van der Waals surface area contributed by atoms with Gasteiger partial charge in [0.05, 0.1) is 10.5 Å². The highest BCUT2D eigenvalue weighted by molar-refractivity contribution is 7.89. The number of carbonyl (C=O) groups excluding carboxylic acids is 3. The molecule has 0 aliphatic carbocycles. The van der Waals surface area contributed by atoms with E-state index >= 15 is 0 Å². The molecule has 154 valence electrons. The highest BCUT2D eigenvalue weighted by atomic mass is 32.2. The number of amides is 4. The van der Waals surface area contributed by atoms with E-state index in [-0.39, 0.29) is 41.0 Å². The number of aromatic amines is 1. The summed E-state index contributed by atoms with van der Waals surface area (Å²) in [6.45, 7) is 3.59. The van der Waals surface area contributed by atoms with Crippen LogP contribution < -0.4 is 16.3 Å². The molecule has 1 aromatic heterocycles. The number of hydrogen-bond donors (Lipinski definition) is 3. The molecule has 3 N–H and O–H groups in total. The molecule has 11 nitrogen and oxygen atoms in total. The molecule has 0 unspecified atom stereocenters. The van der Waals surface area contributed by atoms with E-state index in [9.17, 15) is 27.6 Å². The molecule has 0 atom stereocenters. The van der Waals surface area contributed by atoms with Crippen molar-refractivity contribution in [3.63, 3.8) is 0 Å². The summed E-state index contributed by atoms with van der Waals surface area (Å²) in [5.41, 5.74) is 1.79. The number of aromatic nitrogens is 1. The molecule has 4 amide bonds. The Morgan fingerprint density at radius 3 is 2.45 bits per heavy atom. The Kier molecular flexibility index (Phi) is 5.40. The molecule has 0 spiro atoms. The van der Waals surface area contributed by atoms with E-state index in [2.05, 4.69) is 10.4 Å². The predicted molar refractivity (Wildman–Crippen MR) is 102 cm³/mol. The molecule has 1 aliphatic rings. The summed E-state index contributed by atoms with van der Waals surface area (Å²) in [5, 5.41) is 2.96. The van der Waals surface area contributed by atoms with Crippen LogP contribution in [0, 0.1) is 0 Å². The van der Waals surface area contributed by atoms with Gasteiger partial charge in [-0.25, -0.2) is 18.2 Å². The van der Waals surface area contributed by atoms with Crippen LogP contribution in [-0.2, 0) is 14.8 Å². The minimum absolute atomic E-state index is 0.0381. The van der Waals surface area contributed by atoms with E-state index in [1.54, 1.807) is 13.8 Å². The Hall–Kier alpha value is -3.25. The van der Waals surface area contributed by atoms with Gasteiger partial charge in [0.25, 0.3) is 5.91 Å². The minimum Gasteiger partial charge on any atom is -0.322 e. The number of H-pyrrole nitrogens is 1. The van der Waals surface area contributed by atoms with Crippen molar-refractivity contribution in [2.45, 2.75) is 18.7 Å². The molecule has 29 heavy (non-hydrogen) atoms. The molecule has 1 fully saturated rings. The molecule has 12 heteroatoms. The first-order valence-corrected chi connectivity index (χ1v) is 10.2. The maximum absolute atomic E-state index is 12.8. The third-order valence-electron chi connectivity index (χ3n) is 4.43. The van der Waals surface area contributed by atoms with Crippen LogP contribution in [-0.4, -0.2) is 60.2 Å². The van der Waals surface area contributed by atoms with Gasteiger partial charge in [0.2, 0.25) is 21.5 Å². The van der Waals surface area contributed by atoms with Crippen molar-refractivity contribution < 1.29 is 22.8 Å². The number of hydrazine groups is 1. The summed E-state index contributed by atoms with van der Waals surface area (Å²) < 4.78 is 26.9. The van der Waals surface area contributed by atoms with E-state index in [4.69, 9.17) is 0 Å². The molecule has 2 aromatic rings. The first kappa shape index (κ1) is 20.5. The Morgan fingerprint density at radius 1 is 1.17 bits per heavy atom. The van der Waals surface area contributed by atoms with Crippen LogP contribution in [0.4, 0.5) is 4.79 Å². The third kappa shape index (κ3) is 3.84. The molecular weight excluding hydrogens is 402 g/mol. The highest BCUT2D eigenvalue weighted by Gasteiger charge is 2.29. The Bertz CT molecular complexity index is 1170. The van der Waals surface area contributed by atoms with Crippen molar-refractivity contribution in [2.75, 3.05) is 19.6 Å². The zero-order valence-electron chi connectivity index (χ0n) is 15.7. The third-order valence-corrected chi connectivity index (χ3v) is 6.48. The van der Waals surface area contributed by atoms with Crippen molar-refractivity contribution in [1.29, 1.82) is 0 Å². The van der Waals surface area contributed by atoms with E-state index < -0.39 is 33.4 Å². The average Bonchev–Trinajstić information content (AvgIpc) is 2.98. The van der Waals surface area contributed by atoms with Gasteiger partial charge >= 0.3 is 6.03 Å². The lowest BCUT2D eigenvalue weighted by Crippen LogP contribution is -2.44. The second-order valence-corrected chi connectivity index (χ2v) is 8.16. The molecule has 3 rings (SSSR count). The van der Waals surface area contributed by atoms with Gasteiger partial charge in [-0.2, -0.15) is 4.31 Å². The van der Waals surface area contributed by atoms with Crippen LogP contribution in [0.3, 0.4) is 0 Å². The van der Waals surface area contributed by atoms with Crippen LogP contribution in [0.5, 0.6) is 0 Å². The maximum atomic E-state index is 12.8. The quantitative estimate of drug-likeness (QED) is 0.548. The Balaban J connectivity index is 2.07. The Morgan fingerprint density at radius 2 is 1.86 bits per heavy atom. The number of benzene rings is 1. The largest absolute Gasteiger partial charge is 0.343 e. The second kappa shape index (κ2) is 7.64. The number of hydrogen-bond acceptors (Lipinski definition) is 6. The molecule has 1 aromatic carbocycles. The topological polar surface area (TPSA) is 149 Å². The van der Waals surface area contributed by atoms with Gasteiger partial charge in [-0.05, 0) is 18.2 Å². The highest BCUT2D eigenvalue weighted by Crippen LogP contribution is 2.23. The van der Waals surface area contributed by atoms with Crippen molar-refractivity contribution in [1.82, 2.24) is 25.0 Å². The smallest absolute Gasteiger partial charge is 0.322 e. The molecule has 0 bridgehead atoms. The molecular formula is C17H19N5O6S. The van der Waals surface area contributed by atoms with Crippen LogP contribution in [0.2, 0.25) is 0 Å². The number of pyridine rings is 1. The van der Waals surface area contributed by atoms with Crippen molar-refractivity contribution >= 4 is 38.8 Å². The summed E-state index contributed by atoms with van der Waals surface area (Å²) in [4.78, 5) is 50.0. The lowest BCUT2D eigenvalue weighted by molar-refractivity contribution is -0.118. The lowest BCUT2D eigenvalue weighted by Gasteiger charge is -2.19. The van der Waals surface area contributed by atoms with E-state index in [0.29, 0.717) is 0 Å². The molecule has 2 heterocycles. The van der Waals surface area contributed by atoms with E-state index in [0.717, 1.165) is 11.1 Å².